The molecule has 3 saturated heterocycles. The van der Waals surface area contributed by atoms with Crippen molar-refractivity contribution in [3.63, 3.8) is 0 Å². The molecule has 3 atom stereocenters. The van der Waals surface area contributed by atoms with Gasteiger partial charge in [0.1, 0.15) is 34.2 Å². The number of piperidine rings is 1. The maximum absolute atomic E-state index is 17.2. The summed E-state index contributed by atoms with van der Waals surface area (Å²) in [5, 5.41) is 23.3. The van der Waals surface area contributed by atoms with Gasteiger partial charge in [0.2, 0.25) is 0 Å². The third-order valence-corrected chi connectivity index (χ3v) is 13.4. The Kier molecular flexibility index (Phi) is 9.18. The number of hydrogen-bond acceptors (Lipinski definition) is 10. The minimum absolute atomic E-state index is 0.0118. The Balaban J connectivity index is 1.09. The molecule has 12 heteroatoms. The number of aryl methyl sites for hydroxylation is 1. The molecular weight excluding hydrogens is 692 g/mol. The Morgan fingerprint density at radius 2 is 1.81 bits per heavy atom. The molecule has 54 heavy (non-hydrogen) atoms. The summed E-state index contributed by atoms with van der Waals surface area (Å²) in [5.74, 6) is -0.796. The van der Waals surface area contributed by atoms with Crippen LogP contribution in [0.25, 0.3) is 32.9 Å². The van der Waals surface area contributed by atoms with Crippen molar-refractivity contribution in [2.75, 3.05) is 57.6 Å². The molecule has 2 aromatic carbocycles. The zero-order valence-electron chi connectivity index (χ0n) is 31.4. The molecule has 0 radical (unpaired) electrons. The number of aliphatic hydroxyl groups is 1. The molecule has 0 amide bonds. The molecule has 5 aliphatic rings. The second-order valence-electron chi connectivity index (χ2n) is 17.0. The molecule has 4 aromatic rings. The second kappa shape index (κ2) is 13.8. The van der Waals surface area contributed by atoms with Gasteiger partial charge in [-0.15, -0.1) is 0 Å². The number of pyridine rings is 1. The number of benzene rings is 2. The van der Waals surface area contributed by atoms with Gasteiger partial charge in [-0.05, 0) is 111 Å². The molecule has 10 nitrogen and oxygen atoms in total. The highest BCUT2D eigenvalue weighted by atomic mass is 19.1. The van der Waals surface area contributed by atoms with Crippen LogP contribution in [0.5, 0.6) is 11.8 Å². The molecule has 288 valence electrons. The van der Waals surface area contributed by atoms with E-state index in [4.69, 9.17) is 24.2 Å². The number of β-amino-alcohol motifs (C(OH)–C–C–N with tert-alkyl or cyclic N) is 1. The fourth-order valence-electron chi connectivity index (χ4n) is 10.7. The lowest BCUT2D eigenvalue weighted by molar-refractivity contribution is -0.112. The summed E-state index contributed by atoms with van der Waals surface area (Å²) in [6, 6.07) is 7.02. The maximum Gasteiger partial charge on any atom is 0.319 e. The Labute approximate surface area is 314 Å². The van der Waals surface area contributed by atoms with E-state index in [0.29, 0.717) is 71.2 Å². The summed E-state index contributed by atoms with van der Waals surface area (Å²) in [7, 11) is 0. The predicted octanol–water partition coefficient (Wildman–Crippen LogP) is 6.95. The Morgan fingerprint density at radius 1 is 1.00 bits per heavy atom. The van der Waals surface area contributed by atoms with Gasteiger partial charge in [-0.2, -0.15) is 9.97 Å². The summed E-state index contributed by atoms with van der Waals surface area (Å²) in [4.78, 5) is 18.9. The number of rotatable bonds is 7. The van der Waals surface area contributed by atoms with Gasteiger partial charge in [-0.25, -0.2) is 8.78 Å². The number of ether oxygens (including phenoxy) is 3. The van der Waals surface area contributed by atoms with Crippen LogP contribution < -0.4 is 9.64 Å². The minimum atomic E-state index is -1.17. The molecule has 5 heterocycles. The average molecular weight is 744 g/mol. The van der Waals surface area contributed by atoms with E-state index in [1.807, 2.05) is 11.8 Å². The fourth-order valence-corrected chi connectivity index (χ4v) is 10.7. The lowest BCUT2D eigenvalue weighted by Gasteiger charge is -2.58. The van der Waals surface area contributed by atoms with Crippen molar-refractivity contribution in [1.29, 1.82) is 0 Å². The Bertz CT molecular complexity index is 2070. The van der Waals surface area contributed by atoms with Crippen LogP contribution in [0.1, 0.15) is 77.2 Å². The normalized spacial score (nSPS) is 27.6. The molecular formula is C42H51F2N5O5. The van der Waals surface area contributed by atoms with Crippen LogP contribution in [-0.4, -0.2) is 100 Å². The van der Waals surface area contributed by atoms with Crippen molar-refractivity contribution in [2.45, 2.75) is 95.7 Å². The number of aromatic nitrogens is 3. The van der Waals surface area contributed by atoms with Crippen LogP contribution in [0.15, 0.2) is 30.5 Å². The first-order valence-electron chi connectivity index (χ1n) is 19.9. The Morgan fingerprint density at radius 3 is 2.63 bits per heavy atom. The summed E-state index contributed by atoms with van der Waals surface area (Å²) in [6.45, 7) is 7.98. The van der Waals surface area contributed by atoms with Crippen LogP contribution in [0, 0.1) is 22.5 Å². The van der Waals surface area contributed by atoms with Gasteiger partial charge in [0, 0.05) is 49.0 Å². The molecule has 1 spiro atoms. The van der Waals surface area contributed by atoms with Crippen LogP contribution in [0.3, 0.4) is 0 Å². The van der Waals surface area contributed by atoms with Gasteiger partial charge in [0.25, 0.3) is 0 Å². The SMILES string of the molecule is CCc1c(F)ccc2cc(O)cc(-c3ncc4c(N5CCOC[C@@](C)(O)C5)nc(OCC56CCCC5N(C5CC7(CCOCC7)C5)CCC6)nc4c3F)c12. The number of phenols is 1. The summed E-state index contributed by atoms with van der Waals surface area (Å²) < 4.78 is 50.3. The number of halogens is 2. The number of anilines is 1. The van der Waals surface area contributed by atoms with Crippen LogP contribution >= 0.6 is 0 Å². The Hall–Kier alpha value is -3.71. The molecule has 5 fully saturated rings. The predicted molar refractivity (Wildman–Crippen MR) is 202 cm³/mol. The van der Waals surface area contributed by atoms with Crippen molar-refractivity contribution in [3.8, 4) is 23.0 Å². The third-order valence-electron chi connectivity index (χ3n) is 13.4. The number of phenolic OH excluding ortho intramolecular Hbond substituents is 1. The quantitative estimate of drug-likeness (QED) is 0.206. The van der Waals surface area contributed by atoms with Gasteiger partial charge >= 0.3 is 6.01 Å². The monoisotopic (exact) mass is 743 g/mol. The van der Waals surface area contributed by atoms with Crippen molar-refractivity contribution in [2.24, 2.45) is 10.8 Å². The van der Waals surface area contributed by atoms with Gasteiger partial charge < -0.3 is 29.3 Å². The largest absolute Gasteiger partial charge is 0.508 e. The summed E-state index contributed by atoms with van der Waals surface area (Å²) in [6.07, 6.45) is 12.3. The molecule has 3 aliphatic heterocycles. The van der Waals surface area contributed by atoms with Crippen molar-refractivity contribution in [1.82, 2.24) is 19.9 Å². The van der Waals surface area contributed by atoms with Crippen LogP contribution in [-0.2, 0) is 15.9 Å². The minimum Gasteiger partial charge on any atom is -0.508 e. The number of likely N-dealkylation sites (tertiary alicyclic amines) is 1. The van der Waals surface area contributed by atoms with E-state index < -0.39 is 17.2 Å². The highest BCUT2D eigenvalue weighted by Crippen LogP contribution is 2.56. The van der Waals surface area contributed by atoms with E-state index >= 15 is 8.78 Å². The number of fused-ring (bicyclic) bond motifs is 3. The number of nitrogens with zero attached hydrogens (tertiary/aromatic N) is 5. The highest BCUT2D eigenvalue weighted by molar-refractivity contribution is 6.01. The number of hydrogen-bond donors (Lipinski definition) is 2. The zero-order valence-corrected chi connectivity index (χ0v) is 31.4. The van der Waals surface area contributed by atoms with E-state index in [1.54, 1.807) is 19.1 Å². The third kappa shape index (κ3) is 6.27. The first kappa shape index (κ1) is 36.0. The fraction of sp³-hybridized carbons (Fsp3) is 0.595. The average Bonchev–Trinajstić information content (AvgIpc) is 3.50. The van der Waals surface area contributed by atoms with Crippen LogP contribution in [0.2, 0.25) is 0 Å². The van der Waals surface area contributed by atoms with Crippen molar-refractivity contribution in [3.05, 3.63) is 47.7 Å². The molecule has 2 unspecified atom stereocenters. The molecule has 9 rings (SSSR count). The van der Waals surface area contributed by atoms with E-state index in [1.165, 1.54) is 44.0 Å². The zero-order chi connectivity index (χ0) is 37.2. The number of aromatic hydroxyl groups is 1. The lowest BCUT2D eigenvalue weighted by Crippen LogP contribution is -2.61. The second-order valence-corrected chi connectivity index (χ2v) is 17.0. The first-order chi connectivity index (χ1) is 26.1. The first-order valence-corrected chi connectivity index (χ1v) is 19.9. The molecule has 2 aliphatic carbocycles. The topological polar surface area (TPSA) is 113 Å². The molecule has 2 aromatic heterocycles. The van der Waals surface area contributed by atoms with Crippen molar-refractivity contribution < 1.29 is 33.2 Å². The van der Waals surface area contributed by atoms with Gasteiger partial charge in [0.15, 0.2) is 5.82 Å². The van der Waals surface area contributed by atoms with E-state index in [9.17, 15) is 10.2 Å². The smallest absolute Gasteiger partial charge is 0.319 e. The molecule has 2 saturated carbocycles. The molecule has 0 bridgehead atoms. The van der Waals surface area contributed by atoms with Crippen molar-refractivity contribution >= 4 is 27.5 Å². The van der Waals surface area contributed by atoms with Gasteiger partial charge in [0.05, 0.1) is 31.8 Å². The van der Waals surface area contributed by atoms with Gasteiger partial charge in [-0.1, -0.05) is 19.4 Å². The molecule has 2 N–H and O–H groups in total. The summed E-state index contributed by atoms with van der Waals surface area (Å²) in [5.41, 5.74) is -0.108. The highest BCUT2D eigenvalue weighted by Gasteiger charge is 2.55. The lowest BCUT2D eigenvalue weighted by atomic mass is 9.60. The standard InChI is InChI=1S/C42H51F2N5O5/c1-3-29-32(43)8-7-26-18-28(50)19-30(34(26)29)36-35(44)37-31(22-45-36)38(48-14-17-53-24-40(2,51)23-48)47-39(46-37)54-25-42-9-4-6-33(42)49(13-5-10-42)27-20-41(21-27)11-15-52-16-12-41/h7-8,18-19,22,27,33,50-51H,3-6,9-17,20-21,23-25H2,1-2H3/t33?,40-,42?/m0/s1. The van der Waals surface area contributed by atoms with E-state index in [2.05, 4.69) is 9.88 Å². The summed E-state index contributed by atoms with van der Waals surface area (Å²) >= 11 is 0. The van der Waals surface area contributed by atoms with E-state index in [0.717, 1.165) is 51.9 Å². The maximum atomic E-state index is 17.2. The van der Waals surface area contributed by atoms with Crippen LogP contribution in [0.4, 0.5) is 14.6 Å². The van der Waals surface area contributed by atoms with Gasteiger partial charge in [-0.3, -0.25) is 9.88 Å². The van der Waals surface area contributed by atoms with E-state index in [-0.39, 0.29) is 47.1 Å².